The highest BCUT2D eigenvalue weighted by molar-refractivity contribution is 5.74. The number of nitrogens with zero attached hydrogens (tertiary/aromatic N) is 5. The Balaban J connectivity index is 1.36. The van der Waals surface area contributed by atoms with Crippen molar-refractivity contribution in [1.82, 2.24) is 25.5 Å². The largest absolute Gasteiger partial charge is 0.507 e. The second-order valence-electron chi connectivity index (χ2n) is 8.00. The van der Waals surface area contributed by atoms with E-state index in [2.05, 4.69) is 25.5 Å². The number of phenolic OH excluding ortho intramolecular Hbond substituents is 1. The van der Waals surface area contributed by atoms with Crippen molar-refractivity contribution < 1.29 is 14.2 Å². The topological polar surface area (TPSA) is 96.3 Å². The zero-order valence-corrected chi connectivity index (χ0v) is 17.7. The van der Waals surface area contributed by atoms with Crippen LogP contribution >= 0.6 is 0 Å². The molecule has 2 bridgehead atoms. The molecular formula is C23H23FN6O2. The van der Waals surface area contributed by atoms with Crippen molar-refractivity contribution in [2.24, 2.45) is 0 Å². The van der Waals surface area contributed by atoms with E-state index in [4.69, 9.17) is 4.74 Å². The SMILES string of the molecule is COc1cc(-c2ccc(-c3cnc(N(C)[C@@H]4C[C@H]5C=C[C@H](N5)[C@@H]4F)nn3)c(O)c2)ccn1. The fraction of sp³-hybridized carbons (Fsp3) is 0.304. The number of fused-ring (bicyclic) bond motifs is 2. The smallest absolute Gasteiger partial charge is 0.245 e. The molecule has 0 amide bonds. The first-order valence-electron chi connectivity index (χ1n) is 10.4. The summed E-state index contributed by atoms with van der Waals surface area (Å²) in [6, 6.07) is 8.48. The highest BCUT2D eigenvalue weighted by Crippen LogP contribution is 2.33. The van der Waals surface area contributed by atoms with E-state index in [1.807, 2.05) is 24.3 Å². The van der Waals surface area contributed by atoms with Gasteiger partial charge in [0.25, 0.3) is 0 Å². The predicted octanol–water partition coefficient (Wildman–Crippen LogP) is 2.76. The maximum atomic E-state index is 14.8. The molecule has 4 heterocycles. The molecule has 2 aliphatic heterocycles. The summed E-state index contributed by atoms with van der Waals surface area (Å²) >= 11 is 0. The van der Waals surface area contributed by atoms with Gasteiger partial charge in [-0.2, -0.15) is 0 Å². The molecule has 8 nitrogen and oxygen atoms in total. The Hall–Kier alpha value is -3.59. The maximum Gasteiger partial charge on any atom is 0.245 e. The zero-order chi connectivity index (χ0) is 22.2. The molecule has 32 heavy (non-hydrogen) atoms. The lowest BCUT2D eigenvalue weighted by atomic mass is 9.96. The number of rotatable bonds is 5. The number of phenols is 1. The van der Waals surface area contributed by atoms with Gasteiger partial charge >= 0.3 is 0 Å². The molecular weight excluding hydrogens is 411 g/mol. The maximum absolute atomic E-state index is 14.8. The second kappa shape index (κ2) is 8.16. The molecule has 5 rings (SSSR count). The number of nitrogens with one attached hydrogen (secondary N) is 1. The van der Waals surface area contributed by atoms with Crippen LogP contribution < -0.4 is 15.0 Å². The van der Waals surface area contributed by atoms with Gasteiger partial charge < -0.3 is 20.1 Å². The van der Waals surface area contributed by atoms with Crippen LogP contribution in [-0.2, 0) is 0 Å². The van der Waals surface area contributed by atoms with Gasteiger partial charge in [0, 0.05) is 30.9 Å². The molecule has 0 spiro atoms. The Labute approximate surface area is 184 Å². The number of anilines is 1. The van der Waals surface area contributed by atoms with E-state index in [1.165, 1.54) is 0 Å². The van der Waals surface area contributed by atoms with Gasteiger partial charge in [-0.25, -0.2) is 14.4 Å². The molecule has 1 fully saturated rings. The van der Waals surface area contributed by atoms with Crippen LogP contribution in [0.5, 0.6) is 11.6 Å². The lowest BCUT2D eigenvalue weighted by molar-refractivity contribution is 0.186. The normalized spacial score (nSPS) is 23.8. The summed E-state index contributed by atoms with van der Waals surface area (Å²) in [5.74, 6) is 0.900. The van der Waals surface area contributed by atoms with Gasteiger partial charge in [-0.15, -0.1) is 10.2 Å². The zero-order valence-electron chi connectivity index (χ0n) is 17.7. The molecule has 1 saturated heterocycles. The number of halogens is 1. The number of aromatic nitrogens is 4. The van der Waals surface area contributed by atoms with Gasteiger partial charge in [0.15, 0.2) is 0 Å². The lowest BCUT2D eigenvalue weighted by Gasteiger charge is -2.38. The van der Waals surface area contributed by atoms with E-state index in [9.17, 15) is 9.50 Å². The van der Waals surface area contributed by atoms with Crippen LogP contribution in [0.15, 0.2) is 54.9 Å². The molecule has 3 aromatic rings. The van der Waals surface area contributed by atoms with Gasteiger partial charge in [-0.3, -0.25) is 0 Å². The van der Waals surface area contributed by atoms with Crippen molar-refractivity contribution >= 4 is 5.95 Å². The average Bonchev–Trinajstić information content (AvgIpc) is 3.24. The predicted molar refractivity (Wildman–Crippen MR) is 118 cm³/mol. The third-order valence-electron chi connectivity index (χ3n) is 6.08. The summed E-state index contributed by atoms with van der Waals surface area (Å²) in [6.07, 6.45) is 6.68. The van der Waals surface area contributed by atoms with Gasteiger partial charge in [-0.05, 0) is 35.7 Å². The third kappa shape index (κ3) is 3.64. The number of ether oxygens (including phenoxy) is 1. The van der Waals surface area contributed by atoms with Crippen molar-refractivity contribution in [2.75, 3.05) is 19.1 Å². The summed E-state index contributed by atoms with van der Waals surface area (Å²) < 4.78 is 20.0. The molecule has 0 unspecified atom stereocenters. The fourth-order valence-electron chi connectivity index (χ4n) is 4.29. The Kier molecular flexibility index (Phi) is 5.18. The minimum atomic E-state index is -1.05. The van der Waals surface area contributed by atoms with Crippen LogP contribution in [-0.4, -0.2) is 63.7 Å². The first-order chi connectivity index (χ1) is 15.5. The molecule has 4 atom stereocenters. The molecule has 9 heteroatoms. The fourth-order valence-corrected chi connectivity index (χ4v) is 4.29. The van der Waals surface area contributed by atoms with E-state index in [0.717, 1.165) is 11.1 Å². The van der Waals surface area contributed by atoms with Crippen LogP contribution in [0.3, 0.4) is 0 Å². The number of benzene rings is 1. The quantitative estimate of drug-likeness (QED) is 0.592. The van der Waals surface area contributed by atoms with Crippen LogP contribution in [0.25, 0.3) is 22.4 Å². The summed E-state index contributed by atoms with van der Waals surface area (Å²) in [4.78, 5) is 10.2. The molecule has 2 N–H and O–H groups in total. The number of aromatic hydroxyl groups is 1. The van der Waals surface area contributed by atoms with Crippen LogP contribution in [0.1, 0.15) is 6.42 Å². The minimum Gasteiger partial charge on any atom is -0.507 e. The van der Waals surface area contributed by atoms with Gasteiger partial charge in [0.05, 0.1) is 25.4 Å². The minimum absolute atomic E-state index is 0.0558. The monoisotopic (exact) mass is 434 g/mol. The number of alkyl halides is 1. The highest BCUT2D eigenvalue weighted by Gasteiger charge is 2.41. The number of hydrogen-bond donors (Lipinski definition) is 2. The van der Waals surface area contributed by atoms with Gasteiger partial charge in [-0.1, -0.05) is 18.2 Å². The number of pyridine rings is 1. The molecule has 0 saturated carbocycles. The van der Waals surface area contributed by atoms with E-state index in [1.54, 1.807) is 49.7 Å². The first-order valence-corrected chi connectivity index (χ1v) is 10.4. The highest BCUT2D eigenvalue weighted by atomic mass is 19.1. The van der Waals surface area contributed by atoms with Crippen molar-refractivity contribution in [3.63, 3.8) is 0 Å². The molecule has 164 valence electrons. The molecule has 2 aliphatic rings. The van der Waals surface area contributed by atoms with Crippen molar-refractivity contribution in [2.45, 2.75) is 30.7 Å². The van der Waals surface area contributed by atoms with Crippen molar-refractivity contribution in [3.05, 3.63) is 54.9 Å². The van der Waals surface area contributed by atoms with E-state index in [-0.39, 0.29) is 23.9 Å². The molecule has 0 aliphatic carbocycles. The Morgan fingerprint density at radius 3 is 2.72 bits per heavy atom. The van der Waals surface area contributed by atoms with Crippen LogP contribution in [0.2, 0.25) is 0 Å². The number of piperidine rings is 1. The Morgan fingerprint density at radius 1 is 1.12 bits per heavy atom. The Morgan fingerprint density at radius 2 is 1.97 bits per heavy atom. The standard InChI is InChI=1S/C23H23FN6O2/c1-30(19-11-15-4-6-17(27-15)22(19)24)23-26-12-18(28-29-23)16-5-3-13(9-20(16)31)14-7-8-25-21(10-14)32-2/h3-10,12,15,17,19,22,27,31H,11H2,1-2H3/t15-,17+,19-,22+/m1/s1. The third-order valence-corrected chi connectivity index (χ3v) is 6.08. The summed E-state index contributed by atoms with van der Waals surface area (Å²) in [5, 5.41) is 22.3. The van der Waals surface area contributed by atoms with Gasteiger partial charge in [0.2, 0.25) is 11.8 Å². The summed E-state index contributed by atoms with van der Waals surface area (Å²) in [6.45, 7) is 0. The van der Waals surface area contributed by atoms with E-state index in [0.29, 0.717) is 29.5 Å². The van der Waals surface area contributed by atoms with Crippen LogP contribution in [0, 0.1) is 0 Å². The Bertz CT molecular complexity index is 1160. The molecule has 1 aromatic carbocycles. The lowest BCUT2D eigenvalue weighted by Crippen LogP contribution is -2.56. The van der Waals surface area contributed by atoms with Crippen molar-refractivity contribution in [1.29, 1.82) is 0 Å². The summed E-state index contributed by atoms with van der Waals surface area (Å²) in [7, 11) is 3.34. The van der Waals surface area contributed by atoms with Crippen LogP contribution in [0.4, 0.5) is 10.3 Å². The number of methoxy groups -OCH3 is 1. The first kappa shape index (κ1) is 20.3. The average molecular weight is 434 g/mol. The number of hydrogen-bond acceptors (Lipinski definition) is 8. The van der Waals surface area contributed by atoms with E-state index >= 15 is 0 Å². The summed E-state index contributed by atoms with van der Waals surface area (Å²) in [5.41, 5.74) is 2.62. The van der Waals surface area contributed by atoms with E-state index < -0.39 is 6.17 Å². The van der Waals surface area contributed by atoms with Gasteiger partial charge in [0.1, 0.15) is 17.6 Å². The molecule has 2 aromatic heterocycles. The second-order valence-corrected chi connectivity index (χ2v) is 8.00. The molecule has 0 radical (unpaired) electrons. The van der Waals surface area contributed by atoms with Crippen molar-refractivity contribution in [3.8, 4) is 34.0 Å².